The molecule has 1 aromatic heterocycles. The Morgan fingerprint density at radius 2 is 2.00 bits per heavy atom. The van der Waals surface area contributed by atoms with Crippen LogP contribution in [0.3, 0.4) is 0 Å². The van der Waals surface area contributed by atoms with E-state index < -0.39 is 11.8 Å². The van der Waals surface area contributed by atoms with E-state index in [1.165, 1.54) is 22.2 Å². The lowest BCUT2D eigenvalue weighted by Crippen LogP contribution is -2.42. The van der Waals surface area contributed by atoms with Crippen molar-refractivity contribution < 1.29 is 9.59 Å². The fourth-order valence-electron chi connectivity index (χ4n) is 1.79. The third kappa shape index (κ3) is 3.00. The second kappa shape index (κ2) is 5.96. The average Bonchev–Trinajstić information content (AvgIpc) is 2.92. The van der Waals surface area contributed by atoms with Crippen LogP contribution in [0.1, 0.15) is 12.5 Å². The average molecular weight is 273 g/mol. The summed E-state index contributed by atoms with van der Waals surface area (Å²) in [5.74, 6) is -1.38. The third-order valence-electron chi connectivity index (χ3n) is 2.72. The van der Waals surface area contributed by atoms with Crippen LogP contribution in [0.2, 0.25) is 0 Å². The van der Waals surface area contributed by atoms with Crippen molar-refractivity contribution in [3.05, 3.63) is 42.5 Å². The minimum absolute atomic E-state index is 0.401. The van der Waals surface area contributed by atoms with Gasteiger partial charge in [0.25, 0.3) is 0 Å². The van der Waals surface area contributed by atoms with Crippen molar-refractivity contribution in [3.63, 3.8) is 0 Å². The first-order valence-electron chi connectivity index (χ1n) is 6.16. The topological polar surface area (TPSA) is 80.1 Å². The standard InChI is InChI=1S/C13H15N5O2/c1-3-18(11-6-4-5-10(2)7-11)13(20)12(19)16-17-8-14-15-9-17/h4-9H,3H2,1-2H3,(H,16,19). The molecule has 7 nitrogen and oxygen atoms in total. The van der Waals surface area contributed by atoms with Crippen molar-refractivity contribution in [2.75, 3.05) is 16.9 Å². The molecule has 20 heavy (non-hydrogen) atoms. The fourth-order valence-corrected chi connectivity index (χ4v) is 1.79. The Balaban J connectivity index is 2.14. The highest BCUT2D eigenvalue weighted by Gasteiger charge is 2.22. The van der Waals surface area contributed by atoms with Crippen LogP contribution in [0.25, 0.3) is 0 Å². The van der Waals surface area contributed by atoms with Gasteiger partial charge in [-0.2, -0.15) is 0 Å². The van der Waals surface area contributed by atoms with Crippen molar-refractivity contribution in [2.24, 2.45) is 0 Å². The summed E-state index contributed by atoms with van der Waals surface area (Å²) in [4.78, 5) is 25.5. The molecule has 2 amide bonds. The molecule has 0 radical (unpaired) electrons. The largest absolute Gasteiger partial charge is 0.328 e. The predicted octanol–water partition coefficient (Wildman–Crippen LogP) is 0.710. The summed E-state index contributed by atoms with van der Waals surface area (Å²) in [5, 5.41) is 7.09. The molecule has 0 saturated heterocycles. The van der Waals surface area contributed by atoms with E-state index in [0.717, 1.165) is 5.56 Å². The zero-order chi connectivity index (χ0) is 14.5. The normalized spacial score (nSPS) is 10.1. The van der Waals surface area contributed by atoms with Crippen molar-refractivity contribution in [1.82, 2.24) is 14.9 Å². The Morgan fingerprint density at radius 3 is 2.60 bits per heavy atom. The number of carbonyl (C=O) groups excluding carboxylic acids is 2. The summed E-state index contributed by atoms with van der Waals surface area (Å²) < 4.78 is 1.23. The zero-order valence-corrected chi connectivity index (χ0v) is 11.3. The van der Waals surface area contributed by atoms with Crippen LogP contribution in [0.5, 0.6) is 0 Å². The van der Waals surface area contributed by atoms with Gasteiger partial charge >= 0.3 is 11.8 Å². The lowest BCUT2D eigenvalue weighted by Gasteiger charge is -2.20. The van der Waals surface area contributed by atoms with Crippen LogP contribution >= 0.6 is 0 Å². The Bertz CT molecular complexity index is 609. The first kappa shape index (κ1) is 13.7. The quantitative estimate of drug-likeness (QED) is 0.835. The number of hydrogen-bond donors (Lipinski definition) is 1. The highest BCUT2D eigenvalue weighted by Crippen LogP contribution is 2.15. The molecule has 0 aliphatic heterocycles. The van der Waals surface area contributed by atoms with E-state index >= 15 is 0 Å². The minimum Gasteiger partial charge on any atom is -0.304 e. The summed E-state index contributed by atoms with van der Waals surface area (Å²) in [7, 11) is 0. The maximum Gasteiger partial charge on any atom is 0.328 e. The molecule has 0 spiro atoms. The molecule has 104 valence electrons. The van der Waals surface area contributed by atoms with E-state index in [1.807, 2.05) is 32.0 Å². The molecule has 0 atom stereocenters. The number of aryl methyl sites for hydroxylation is 1. The van der Waals surface area contributed by atoms with Crippen molar-refractivity contribution >= 4 is 17.5 Å². The SMILES string of the molecule is CCN(C(=O)C(=O)Nn1cnnc1)c1cccc(C)c1. The van der Waals surface area contributed by atoms with E-state index in [4.69, 9.17) is 0 Å². The number of rotatable bonds is 3. The number of benzene rings is 1. The number of nitrogens with one attached hydrogen (secondary N) is 1. The van der Waals surface area contributed by atoms with Crippen LogP contribution in [0, 0.1) is 6.92 Å². The number of hydrogen-bond acceptors (Lipinski definition) is 4. The van der Waals surface area contributed by atoms with Crippen LogP contribution in [0.15, 0.2) is 36.9 Å². The molecular formula is C13H15N5O2. The highest BCUT2D eigenvalue weighted by molar-refractivity contribution is 6.43. The molecule has 2 aromatic rings. The van der Waals surface area contributed by atoms with E-state index in [-0.39, 0.29) is 0 Å². The maximum atomic E-state index is 12.2. The molecule has 0 bridgehead atoms. The first-order chi connectivity index (χ1) is 9.61. The van der Waals surface area contributed by atoms with Crippen LogP contribution in [-0.4, -0.2) is 33.2 Å². The molecule has 0 aliphatic rings. The van der Waals surface area contributed by atoms with E-state index in [2.05, 4.69) is 15.6 Å². The molecule has 1 aromatic carbocycles. The second-order valence-electron chi connectivity index (χ2n) is 4.20. The fraction of sp³-hybridized carbons (Fsp3) is 0.231. The number of carbonyl (C=O) groups is 2. The summed E-state index contributed by atoms with van der Waals surface area (Å²) >= 11 is 0. The van der Waals surface area contributed by atoms with Crippen LogP contribution in [-0.2, 0) is 9.59 Å². The number of likely N-dealkylation sites (N-methyl/N-ethyl adjacent to an activating group) is 1. The van der Waals surface area contributed by atoms with Gasteiger partial charge in [0.05, 0.1) is 0 Å². The minimum atomic E-state index is -0.742. The number of nitrogens with zero attached hydrogens (tertiary/aromatic N) is 4. The van der Waals surface area contributed by atoms with E-state index in [9.17, 15) is 9.59 Å². The van der Waals surface area contributed by atoms with Crippen LogP contribution < -0.4 is 10.3 Å². The first-order valence-corrected chi connectivity index (χ1v) is 6.16. The Morgan fingerprint density at radius 1 is 1.30 bits per heavy atom. The summed E-state index contributed by atoms with van der Waals surface area (Å²) in [6, 6.07) is 7.42. The number of anilines is 1. The molecule has 2 rings (SSSR count). The van der Waals surface area contributed by atoms with Crippen LogP contribution in [0.4, 0.5) is 5.69 Å². The van der Waals surface area contributed by atoms with Gasteiger partial charge in [0.15, 0.2) is 0 Å². The number of aromatic nitrogens is 3. The van der Waals surface area contributed by atoms with E-state index in [0.29, 0.717) is 12.2 Å². The zero-order valence-electron chi connectivity index (χ0n) is 11.3. The van der Waals surface area contributed by atoms with Gasteiger partial charge in [0.2, 0.25) is 0 Å². The number of amides is 2. The molecule has 0 unspecified atom stereocenters. The molecule has 1 N–H and O–H groups in total. The van der Waals surface area contributed by atoms with Crippen molar-refractivity contribution in [2.45, 2.75) is 13.8 Å². The Hall–Kier alpha value is -2.70. The summed E-state index contributed by atoms with van der Waals surface area (Å²) in [5.41, 5.74) is 4.09. The lowest BCUT2D eigenvalue weighted by molar-refractivity contribution is -0.135. The second-order valence-corrected chi connectivity index (χ2v) is 4.20. The summed E-state index contributed by atoms with van der Waals surface area (Å²) in [6.45, 7) is 4.14. The molecule has 0 aliphatic carbocycles. The monoisotopic (exact) mass is 273 g/mol. The van der Waals surface area contributed by atoms with Gasteiger partial charge in [-0.15, -0.1) is 10.2 Å². The van der Waals surface area contributed by atoms with E-state index in [1.54, 1.807) is 6.07 Å². The molecule has 0 fully saturated rings. The van der Waals surface area contributed by atoms with Crippen molar-refractivity contribution in [1.29, 1.82) is 0 Å². The Labute approximate surface area is 116 Å². The highest BCUT2D eigenvalue weighted by atomic mass is 16.2. The Kier molecular flexibility index (Phi) is 4.09. The van der Waals surface area contributed by atoms with Gasteiger partial charge in [-0.25, -0.2) is 4.68 Å². The van der Waals surface area contributed by atoms with Gasteiger partial charge in [0.1, 0.15) is 12.7 Å². The predicted molar refractivity (Wildman–Crippen MR) is 73.6 cm³/mol. The van der Waals surface area contributed by atoms with Gasteiger partial charge in [-0.1, -0.05) is 12.1 Å². The smallest absolute Gasteiger partial charge is 0.304 e. The third-order valence-corrected chi connectivity index (χ3v) is 2.72. The van der Waals surface area contributed by atoms with Gasteiger partial charge in [-0.05, 0) is 31.5 Å². The summed E-state index contributed by atoms with van der Waals surface area (Å²) in [6.07, 6.45) is 2.60. The molecular weight excluding hydrogens is 258 g/mol. The van der Waals surface area contributed by atoms with Gasteiger partial charge in [0, 0.05) is 12.2 Å². The molecule has 1 heterocycles. The lowest BCUT2D eigenvalue weighted by atomic mass is 10.2. The maximum absolute atomic E-state index is 12.2. The molecule has 7 heteroatoms. The van der Waals surface area contributed by atoms with Gasteiger partial charge in [-0.3, -0.25) is 15.0 Å². The van der Waals surface area contributed by atoms with Gasteiger partial charge < -0.3 is 4.90 Å². The molecule has 0 saturated carbocycles. The van der Waals surface area contributed by atoms with Crippen molar-refractivity contribution in [3.8, 4) is 0 Å².